The first-order valence-corrected chi connectivity index (χ1v) is 4.71. The number of hydrogen-bond acceptors (Lipinski definition) is 4. The van der Waals surface area contributed by atoms with E-state index in [0.717, 1.165) is 0 Å². The van der Waals surface area contributed by atoms with Crippen LogP contribution in [0.25, 0.3) is 0 Å². The van der Waals surface area contributed by atoms with Gasteiger partial charge in [0, 0.05) is 13.2 Å². The van der Waals surface area contributed by atoms with Crippen LogP contribution in [0.15, 0.2) is 6.20 Å². The van der Waals surface area contributed by atoms with Crippen LogP contribution in [0, 0.1) is 5.92 Å². The van der Waals surface area contributed by atoms with Crippen molar-refractivity contribution in [2.75, 3.05) is 17.7 Å². The molecule has 1 unspecified atom stereocenters. The number of aromatic nitrogens is 2. The van der Waals surface area contributed by atoms with Crippen molar-refractivity contribution >= 4 is 11.5 Å². The van der Waals surface area contributed by atoms with Gasteiger partial charge in [-0.2, -0.15) is 5.10 Å². The molecule has 0 spiro atoms. The smallest absolute Gasteiger partial charge is 0.171 e. The monoisotopic (exact) mass is 198 g/mol. The Hall–Kier alpha value is -1.23. The molecule has 14 heavy (non-hydrogen) atoms. The van der Waals surface area contributed by atoms with E-state index in [1.807, 2.05) is 20.9 Å². The van der Waals surface area contributed by atoms with Crippen molar-refractivity contribution in [3.05, 3.63) is 6.20 Å². The van der Waals surface area contributed by atoms with Crippen molar-refractivity contribution in [2.24, 2.45) is 13.0 Å². The summed E-state index contributed by atoms with van der Waals surface area (Å²) in [6.07, 6.45) is 1.73. The highest BCUT2D eigenvalue weighted by Crippen LogP contribution is 2.17. The number of nitrogens with one attached hydrogen (secondary N) is 1. The zero-order chi connectivity index (χ0) is 10.7. The van der Waals surface area contributed by atoms with Crippen molar-refractivity contribution in [1.29, 1.82) is 0 Å². The number of aliphatic hydroxyl groups is 1. The largest absolute Gasteiger partial charge is 0.394 e. The van der Waals surface area contributed by atoms with Gasteiger partial charge < -0.3 is 16.2 Å². The van der Waals surface area contributed by atoms with Gasteiger partial charge in [0.2, 0.25) is 0 Å². The Morgan fingerprint density at radius 1 is 1.64 bits per heavy atom. The quantitative estimate of drug-likeness (QED) is 0.656. The molecule has 0 saturated heterocycles. The van der Waals surface area contributed by atoms with Crippen LogP contribution in [0.2, 0.25) is 0 Å². The maximum atomic E-state index is 9.12. The summed E-state index contributed by atoms with van der Waals surface area (Å²) < 4.78 is 1.65. The van der Waals surface area contributed by atoms with Crippen molar-refractivity contribution in [3.8, 4) is 0 Å². The standard InChI is InChI=1S/C9H18N4O/c1-6(2)8(5-14)11-9-7(10)4-13(3)12-9/h4,6,8,14H,5,10H2,1-3H3,(H,11,12). The molecule has 0 amide bonds. The molecule has 1 rings (SSSR count). The number of aliphatic hydroxyl groups excluding tert-OH is 1. The van der Waals surface area contributed by atoms with Gasteiger partial charge in [0.05, 0.1) is 18.3 Å². The average Bonchev–Trinajstić information content (AvgIpc) is 2.40. The van der Waals surface area contributed by atoms with Crippen LogP contribution in [0.1, 0.15) is 13.8 Å². The molecular formula is C9H18N4O. The van der Waals surface area contributed by atoms with Gasteiger partial charge in [0.15, 0.2) is 5.82 Å². The Morgan fingerprint density at radius 2 is 2.29 bits per heavy atom. The molecular weight excluding hydrogens is 180 g/mol. The molecule has 0 bridgehead atoms. The molecule has 5 nitrogen and oxygen atoms in total. The number of rotatable bonds is 4. The fraction of sp³-hybridized carbons (Fsp3) is 0.667. The Labute approximate surface area is 83.9 Å². The topological polar surface area (TPSA) is 76.1 Å². The lowest BCUT2D eigenvalue weighted by Gasteiger charge is -2.19. The molecule has 4 N–H and O–H groups in total. The predicted octanol–water partition coefficient (Wildman–Crippen LogP) is 0.431. The summed E-state index contributed by atoms with van der Waals surface area (Å²) in [5.41, 5.74) is 6.32. The molecule has 1 atom stereocenters. The van der Waals surface area contributed by atoms with Gasteiger partial charge in [-0.05, 0) is 5.92 Å². The van der Waals surface area contributed by atoms with E-state index in [1.165, 1.54) is 0 Å². The minimum absolute atomic E-state index is 0.00722. The molecule has 0 aliphatic heterocycles. The molecule has 1 heterocycles. The summed E-state index contributed by atoms with van der Waals surface area (Å²) in [6.45, 7) is 4.15. The molecule has 0 aromatic carbocycles. The van der Waals surface area contributed by atoms with Gasteiger partial charge in [-0.3, -0.25) is 4.68 Å². The lowest BCUT2D eigenvalue weighted by molar-refractivity contribution is 0.249. The molecule has 0 aliphatic rings. The second kappa shape index (κ2) is 4.32. The Kier molecular flexibility index (Phi) is 3.35. The van der Waals surface area contributed by atoms with Crippen LogP contribution in [0.4, 0.5) is 11.5 Å². The van der Waals surface area contributed by atoms with Gasteiger partial charge in [-0.25, -0.2) is 0 Å². The maximum absolute atomic E-state index is 9.12. The first-order chi connectivity index (χ1) is 6.54. The van der Waals surface area contributed by atoms with E-state index in [2.05, 4.69) is 10.4 Å². The van der Waals surface area contributed by atoms with Crippen LogP contribution in [0.3, 0.4) is 0 Å². The van der Waals surface area contributed by atoms with Crippen molar-refractivity contribution in [2.45, 2.75) is 19.9 Å². The lowest BCUT2D eigenvalue weighted by Crippen LogP contribution is -2.29. The average molecular weight is 198 g/mol. The zero-order valence-corrected chi connectivity index (χ0v) is 8.86. The fourth-order valence-corrected chi connectivity index (χ4v) is 1.22. The van der Waals surface area contributed by atoms with Crippen LogP contribution < -0.4 is 11.1 Å². The molecule has 1 aromatic heterocycles. The van der Waals surface area contributed by atoms with Gasteiger partial charge in [0.1, 0.15) is 0 Å². The van der Waals surface area contributed by atoms with Crippen molar-refractivity contribution in [3.63, 3.8) is 0 Å². The summed E-state index contributed by atoms with van der Waals surface area (Å²) in [5.74, 6) is 0.974. The first-order valence-electron chi connectivity index (χ1n) is 4.71. The van der Waals surface area contributed by atoms with E-state index in [0.29, 0.717) is 17.4 Å². The SMILES string of the molecule is CC(C)C(CO)Nc1nn(C)cc1N. The van der Waals surface area contributed by atoms with Crippen LogP contribution in [-0.2, 0) is 7.05 Å². The number of aryl methyl sites for hydroxylation is 1. The summed E-state index contributed by atoms with van der Waals surface area (Å²) in [4.78, 5) is 0. The number of nitrogens with two attached hydrogens (primary N) is 1. The van der Waals surface area contributed by atoms with E-state index >= 15 is 0 Å². The second-order valence-corrected chi connectivity index (χ2v) is 3.78. The van der Waals surface area contributed by atoms with Gasteiger partial charge in [-0.1, -0.05) is 13.8 Å². The van der Waals surface area contributed by atoms with E-state index < -0.39 is 0 Å². The Bertz CT molecular complexity index is 295. The molecule has 5 heteroatoms. The number of nitrogens with zero attached hydrogens (tertiary/aromatic N) is 2. The van der Waals surface area contributed by atoms with Gasteiger partial charge in [-0.15, -0.1) is 0 Å². The number of anilines is 2. The molecule has 0 fully saturated rings. The van der Waals surface area contributed by atoms with Gasteiger partial charge >= 0.3 is 0 Å². The van der Waals surface area contributed by atoms with Crippen molar-refractivity contribution < 1.29 is 5.11 Å². The molecule has 0 saturated carbocycles. The van der Waals surface area contributed by atoms with E-state index in [4.69, 9.17) is 10.8 Å². The summed E-state index contributed by atoms with van der Waals surface area (Å²) in [6, 6.07) is -0.00722. The van der Waals surface area contributed by atoms with E-state index in [-0.39, 0.29) is 12.6 Å². The zero-order valence-electron chi connectivity index (χ0n) is 8.86. The summed E-state index contributed by atoms with van der Waals surface area (Å²) >= 11 is 0. The van der Waals surface area contributed by atoms with E-state index in [9.17, 15) is 0 Å². The lowest BCUT2D eigenvalue weighted by atomic mass is 10.1. The summed E-state index contributed by atoms with van der Waals surface area (Å²) in [5, 5.41) is 16.4. The highest BCUT2D eigenvalue weighted by molar-refractivity contribution is 5.60. The Balaban J connectivity index is 2.71. The molecule has 0 radical (unpaired) electrons. The third kappa shape index (κ3) is 2.38. The molecule has 0 aliphatic carbocycles. The number of nitrogen functional groups attached to an aromatic ring is 1. The highest BCUT2D eigenvalue weighted by atomic mass is 16.3. The first kappa shape index (κ1) is 10.8. The van der Waals surface area contributed by atoms with E-state index in [1.54, 1.807) is 10.9 Å². The minimum atomic E-state index is -0.00722. The highest BCUT2D eigenvalue weighted by Gasteiger charge is 2.14. The maximum Gasteiger partial charge on any atom is 0.171 e. The van der Waals surface area contributed by atoms with Gasteiger partial charge in [0.25, 0.3) is 0 Å². The second-order valence-electron chi connectivity index (χ2n) is 3.78. The third-order valence-corrected chi connectivity index (χ3v) is 2.18. The predicted molar refractivity (Wildman–Crippen MR) is 57.0 cm³/mol. The molecule has 1 aromatic rings. The number of hydrogen-bond donors (Lipinski definition) is 3. The summed E-state index contributed by atoms with van der Waals surface area (Å²) in [7, 11) is 1.81. The third-order valence-electron chi connectivity index (χ3n) is 2.18. The van der Waals surface area contributed by atoms with Crippen LogP contribution in [-0.4, -0.2) is 27.5 Å². The van der Waals surface area contributed by atoms with Crippen molar-refractivity contribution in [1.82, 2.24) is 9.78 Å². The molecule has 80 valence electrons. The minimum Gasteiger partial charge on any atom is -0.394 e. The normalized spacial score (nSPS) is 13.2. The van der Waals surface area contributed by atoms with Crippen LogP contribution >= 0.6 is 0 Å². The fourth-order valence-electron chi connectivity index (χ4n) is 1.22. The van der Waals surface area contributed by atoms with Crippen LogP contribution in [0.5, 0.6) is 0 Å². The Morgan fingerprint density at radius 3 is 2.64 bits per heavy atom.